The number of amides is 1. The number of aryl methyl sites for hydroxylation is 3. The van der Waals surface area contributed by atoms with Gasteiger partial charge in [-0.2, -0.15) is 0 Å². The molecule has 0 saturated heterocycles. The van der Waals surface area contributed by atoms with E-state index in [0.29, 0.717) is 12.0 Å². The van der Waals surface area contributed by atoms with Gasteiger partial charge in [0.25, 0.3) is 5.91 Å². The van der Waals surface area contributed by atoms with E-state index in [1.807, 2.05) is 13.8 Å². The number of carbonyl (C=O) groups is 1. The van der Waals surface area contributed by atoms with E-state index in [0.717, 1.165) is 23.3 Å². The molecule has 0 bridgehead atoms. The second-order valence-electron chi connectivity index (χ2n) is 6.45. The summed E-state index contributed by atoms with van der Waals surface area (Å²) in [7, 11) is 0. The number of nitrogens with one attached hydrogen (secondary N) is 1. The summed E-state index contributed by atoms with van der Waals surface area (Å²) in [5.74, 6) is 1.41. The number of ether oxygens (including phenoxy) is 1. The molecular weight excluding hydrogens is 262 g/mol. The van der Waals surface area contributed by atoms with Crippen LogP contribution in [0, 0.1) is 26.7 Å². The van der Waals surface area contributed by atoms with Crippen LogP contribution in [-0.2, 0) is 4.79 Å². The van der Waals surface area contributed by atoms with Gasteiger partial charge in [0.05, 0.1) is 0 Å². The van der Waals surface area contributed by atoms with Gasteiger partial charge >= 0.3 is 0 Å². The Bertz CT molecular complexity index is 487. The molecular formula is C18H27NO2. The van der Waals surface area contributed by atoms with Crippen molar-refractivity contribution in [3.8, 4) is 5.75 Å². The monoisotopic (exact) mass is 289 g/mol. The van der Waals surface area contributed by atoms with Gasteiger partial charge in [0, 0.05) is 6.04 Å². The molecule has 1 amide bonds. The van der Waals surface area contributed by atoms with E-state index in [1.54, 1.807) is 0 Å². The highest BCUT2D eigenvalue weighted by Crippen LogP contribution is 2.25. The highest BCUT2D eigenvalue weighted by Gasteiger charge is 2.22. The molecule has 3 nitrogen and oxygen atoms in total. The molecule has 0 aliphatic heterocycles. The second-order valence-corrected chi connectivity index (χ2v) is 6.45. The summed E-state index contributed by atoms with van der Waals surface area (Å²) >= 11 is 0. The van der Waals surface area contributed by atoms with Crippen molar-refractivity contribution < 1.29 is 9.53 Å². The number of benzene rings is 1. The maximum Gasteiger partial charge on any atom is 0.258 e. The van der Waals surface area contributed by atoms with Gasteiger partial charge in [0.15, 0.2) is 6.61 Å². The van der Waals surface area contributed by atoms with Gasteiger partial charge in [0.2, 0.25) is 0 Å². The first-order valence-electron chi connectivity index (χ1n) is 7.97. The lowest BCUT2D eigenvalue weighted by molar-refractivity contribution is -0.124. The molecule has 1 saturated carbocycles. The summed E-state index contributed by atoms with van der Waals surface area (Å²) in [6.07, 6.45) is 4.80. The minimum Gasteiger partial charge on any atom is -0.483 e. The molecule has 2 unspecified atom stereocenters. The minimum atomic E-state index is -0.00637. The van der Waals surface area contributed by atoms with Crippen molar-refractivity contribution in [1.29, 1.82) is 0 Å². The largest absolute Gasteiger partial charge is 0.483 e. The molecule has 0 heterocycles. The van der Waals surface area contributed by atoms with Crippen LogP contribution in [0.5, 0.6) is 5.75 Å². The Kier molecular flexibility index (Phi) is 5.27. The fourth-order valence-corrected chi connectivity index (χ4v) is 3.31. The van der Waals surface area contributed by atoms with E-state index in [2.05, 4.69) is 31.3 Å². The maximum absolute atomic E-state index is 12.1. The van der Waals surface area contributed by atoms with Crippen LogP contribution in [0.4, 0.5) is 0 Å². The first-order chi connectivity index (χ1) is 9.97. The zero-order valence-corrected chi connectivity index (χ0v) is 13.7. The molecule has 1 aliphatic rings. The normalized spacial score (nSPS) is 21.9. The summed E-state index contributed by atoms with van der Waals surface area (Å²) in [4.78, 5) is 12.1. The quantitative estimate of drug-likeness (QED) is 0.918. The summed E-state index contributed by atoms with van der Waals surface area (Å²) in [6, 6.07) is 4.49. The topological polar surface area (TPSA) is 38.3 Å². The van der Waals surface area contributed by atoms with Crippen LogP contribution in [0.25, 0.3) is 0 Å². The van der Waals surface area contributed by atoms with E-state index in [4.69, 9.17) is 4.74 Å². The Morgan fingerprint density at radius 2 is 1.81 bits per heavy atom. The smallest absolute Gasteiger partial charge is 0.258 e. The third-order valence-electron chi connectivity index (χ3n) is 4.41. The van der Waals surface area contributed by atoms with Crippen molar-refractivity contribution in [3.63, 3.8) is 0 Å². The minimum absolute atomic E-state index is 0.00637. The molecule has 2 rings (SSSR count). The van der Waals surface area contributed by atoms with Gasteiger partial charge in [-0.05, 0) is 50.7 Å². The number of hydrogen-bond acceptors (Lipinski definition) is 2. The lowest BCUT2D eigenvalue weighted by Crippen LogP contribution is -2.43. The van der Waals surface area contributed by atoms with Gasteiger partial charge in [-0.15, -0.1) is 0 Å². The predicted octanol–water partition coefficient (Wildman–Crippen LogP) is 3.69. The van der Waals surface area contributed by atoms with Gasteiger partial charge in [-0.1, -0.05) is 37.5 Å². The van der Waals surface area contributed by atoms with Crippen LogP contribution in [0.2, 0.25) is 0 Å². The number of hydrogen-bond donors (Lipinski definition) is 1. The first kappa shape index (κ1) is 15.9. The van der Waals surface area contributed by atoms with Crippen molar-refractivity contribution in [1.82, 2.24) is 5.32 Å². The highest BCUT2D eigenvalue weighted by molar-refractivity contribution is 5.78. The molecule has 0 aromatic heterocycles. The highest BCUT2D eigenvalue weighted by atomic mass is 16.5. The fourth-order valence-electron chi connectivity index (χ4n) is 3.31. The Balaban J connectivity index is 1.89. The molecule has 1 aromatic rings. The average Bonchev–Trinajstić information content (AvgIpc) is 2.40. The van der Waals surface area contributed by atoms with E-state index < -0.39 is 0 Å². The van der Waals surface area contributed by atoms with Crippen LogP contribution >= 0.6 is 0 Å². The van der Waals surface area contributed by atoms with Crippen LogP contribution < -0.4 is 10.1 Å². The molecule has 0 radical (unpaired) electrons. The lowest BCUT2D eigenvalue weighted by atomic mass is 9.86. The molecule has 2 atom stereocenters. The molecule has 116 valence electrons. The summed E-state index contributed by atoms with van der Waals surface area (Å²) in [6.45, 7) is 8.45. The Morgan fingerprint density at radius 3 is 2.43 bits per heavy atom. The Morgan fingerprint density at radius 1 is 1.19 bits per heavy atom. The Labute approximate surface area is 128 Å². The molecule has 1 aliphatic carbocycles. The van der Waals surface area contributed by atoms with Crippen LogP contribution in [0.1, 0.15) is 49.3 Å². The van der Waals surface area contributed by atoms with Gasteiger partial charge < -0.3 is 10.1 Å². The van der Waals surface area contributed by atoms with Crippen molar-refractivity contribution in [2.24, 2.45) is 5.92 Å². The van der Waals surface area contributed by atoms with Crippen molar-refractivity contribution in [2.45, 2.75) is 59.4 Å². The molecule has 21 heavy (non-hydrogen) atoms. The standard InChI is InChI=1S/C18H27NO2/c1-12-9-14(3)18(15(4)10-12)21-11-17(20)19-16-8-6-5-7-13(16)2/h9-10,13,16H,5-8,11H2,1-4H3,(H,19,20). The van der Waals surface area contributed by atoms with Crippen LogP contribution in [0.3, 0.4) is 0 Å². The molecule has 1 aromatic carbocycles. The van der Waals surface area contributed by atoms with Crippen LogP contribution in [0.15, 0.2) is 12.1 Å². The average molecular weight is 289 g/mol. The lowest BCUT2D eigenvalue weighted by Gasteiger charge is -2.29. The van der Waals surface area contributed by atoms with Crippen molar-refractivity contribution in [3.05, 3.63) is 28.8 Å². The first-order valence-corrected chi connectivity index (χ1v) is 7.97. The third-order valence-corrected chi connectivity index (χ3v) is 4.41. The predicted molar refractivity (Wildman–Crippen MR) is 85.7 cm³/mol. The summed E-state index contributed by atoms with van der Waals surface area (Å²) < 4.78 is 5.75. The molecule has 1 N–H and O–H groups in total. The number of rotatable bonds is 4. The second kappa shape index (κ2) is 6.97. The maximum atomic E-state index is 12.1. The Hall–Kier alpha value is -1.51. The van der Waals surface area contributed by atoms with E-state index in [9.17, 15) is 4.79 Å². The van der Waals surface area contributed by atoms with Crippen molar-refractivity contribution in [2.75, 3.05) is 6.61 Å². The van der Waals surface area contributed by atoms with E-state index in [-0.39, 0.29) is 12.5 Å². The van der Waals surface area contributed by atoms with Crippen molar-refractivity contribution >= 4 is 5.91 Å². The SMILES string of the molecule is Cc1cc(C)c(OCC(=O)NC2CCCCC2C)c(C)c1. The molecule has 3 heteroatoms. The molecule has 0 spiro atoms. The van der Waals surface area contributed by atoms with Gasteiger partial charge in [-0.25, -0.2) is 0 Å². The fraction of sp³-hybridized carbons (Fsp3) is 0.611. The van der Waals surface area contributed by atoms with E-state index >= 15 is 0 Å². The van der Waals surface area contributed by atoms with Crippen LogP contribution in [-0.4, -0.2) is 18.6 Å². The summed E-state index contributed by atoms with van der Waals surface area (Å²) in [5, 5.41) is 3.13. The van der Waals surface area contributed by atoms with Gasteiger partial charge in [-0.3, -0.25) is 4.79 Å². The zero-order chi connectivity index (χ0) is 15.4. The van der Waals surface area contributed by atoms with E-state index in [1.165, 1.54) is 24.8 Å². The zero-order valence-electron chi connectivity index (χ0n) is 13.7. The van der Waals surface area contributed by atoms with Gasteiger partial charge in [0.1, 0.15) is 5.75 Å². The molecule has 1 fully saturated rings. The number of carbonyl (C=O) groups excluding carboxylic acids is 1. The third kappa shape index (κ3) is 4.23. The summed E-state index contributed by atoms with van der Waals surface area (Å²) in [5.41, 5.74) is 3.40.